The van der Waals surface area contributed by atoms with Gasteiger partial charge in [0, 0.05) is 18.2 Å². The van der Waals surface area contributed by atoms with Crippen LogP contribution in [0.3, 0.4) is 0 Å². The van der Waals surface area contributed by atoms with Crippen LogP contribution in [0.2, 0.25) is 0 Å². The van der Waals surface area contributed by atoms with Crippen molar-refractivity contribution in [3.63, 3.8) is 0 Å². The second kappa shape index (κ2) is 5.24. The zero-order valence-electron chi connectivity index (χ0n) is 12.5. The molecule has 3 aromatic heterocycles. The van der Waals surface area contributed by atoms with E-state index in [4.69, 9.17) is 5.10 Å². The fourth-order valence-electron chi connectivity index (χ4n) is 2.59. The van der Waals surface area contributed by atoms with E-state index in [0.29, 0.717) is 5.78 Å². The summed E-state index contributed by atoms with van der Waals surface area (Å²) in [6.45, 7) is 2.18. The Morgan fingerprint density at radius 3 is 2.91 bits per heavy atom. The summed E-state index contributed by atoms with van der Waals surface area (Å²) in [6, 6.07) is 8.21. The van der Waals surface area contributed by atoms with E-state index in [-0.39, 0.29) is 0 Å². The van der Waals surface area contributed by atoms with E-state index in [9.17, 15) is 0 Å². The molecule has 112 valence electrons. The average molecular weight is 312 g/mol. The standard InChI is InChI=1S/C15H16N6S/c1-3-4-9-22-15-18-17-14-16-13-12(19-21(14)15)10-7-5-6-8-11(10)20(13)2/h5-8H,3-4,9H2,1-2H3. The summed E-state index contributed by atoms with van der Waals surface area (Å²) >= 11 is 1.68. The molecule has 1 aromatic carbocycles. The molecule has 4 aromatic rings. The molecule has 3 heterocycles. The van der Waals surface area contributed by atoms with Gasteiger partial charge in [0.1, 0.15) is 5.52 Å². The molecule has 0 fully saturated rings. The lowest BCUT2D eigenvalue weighted by Crippen LogP contribution is -1.99. The molecule has 22 heavy (non-hydrogen) atoms. The fraction of sp³-hybridized carbons (Fsp3) is 0.333. The molecule has 0 radical (unpaired) electrons. The Morgan fingerprint density at radius 1 is 1.18 bits per heavy atom. The van der Waals surface area contributed by atoms with Crippen molar-refractivity contribution in [3.05, 3.63) is 24.3 Å². The summed E-state index contributed by atoms with van der Waals surface area (Å²) in [4.78, 5) is 4.64. The second-order valence-electron chi connectivity index (χ2n) is 5.26. The van der Waals surface area contributed by atoms with Crippen molar-refractivity contribution in [2.75, 3.05) is 5.75 Å². The minimum absolute atomic E-state index is 0.553. The predicted octanol–water partition coefficient (Wildman–Crippen LogP) is 3.06. The molecule has 0 spiro atoms. The first-order valence-corrected chi connectivity index (χ1v) is 8.37. The van der Waals surface area contributed by atoms with Crippen LogP contribution in [0.5, 0.6) is 0 Å². The number of benzene rings is 1. The lowest BCUT2D eigenvalue weighted by Gasteiger charge is -1.99. The van der Waals surface area contributed by atoms with Crippen molar-refractivity contribution in [1.82, 2.24) is 29.4 Å². The number of fused-ring (bicyclic) bond motifs is 4. The fourth-order valence-corrected chi connectivity index (χ4v) is 3.55. The first kappa shape index (κ1) is 13.5. The summed E-state index contributed by atoms with van der Waals surface area (Å²) in [6.07, 6.45) is 2.33. The highest BCUT2D eigenvalue weighted by molar-refractivity contribution is 7.99. The van der Waals surface area contributed by atoms with Gasteiger partial charge in [0.2, 0.25) is 5.16 Å². The Balaban J connectivity index is 1.94. The zero-order valence-corrected chi connectivity index (χ0v) is 13.3. The largest absolute Gasteiger partial charge is 0.327 e. The van der Waals surface area contributed by atoms with E-state index in [2.05, 4.69) is 38.8 Å². The summed E-state index contributed by atoms with van der Waals surface area (Å²) in [5.41, 5.74) is 2.85. The van der Waals surface area contributed by atoms with Crippen molar-refractivity contribution in [2.45, 2.75) is 24.9 Å². The molecule has 0 aliphatic heterocycles. The lowest BCUT2D eigenvalue weighted by molar-refractivity contribution is 0.811. The molecule has 0 aliphatic rings. The predicted molar refractivity (Wildman–Crippen MR) is 88.2 cm³/mol. The number of thioether (sulfide) groups is 1. The van der Waals surface area contributed by atoms with Crippen LogP contribution in [0.4, 0.5) is 0 Å². The number of para-hydroxylation sites is 1. The number of unbranched alkanes of at least 4 members (excludes halogenated alkanes) is 1. The minimum Gasteiger partial charge on any atom is -0.327 e. The van der Waals surface area contributed by atoms with E-state index in [1.165, 1.54) is 6.42 Å². The van der Waals surface area contributed by atoms with Gasteiger partial charge in [0.25, 0.3) is 5.78 Å². The average Bonchev–Trinajstić information content (AvgIpc) is 3.07. The number of nitrogens with zero attached hydrogens (tertiary/aromatic N) is 6. The lowest BCUT2D eigenvalue weighted by atomic mass is 10.2. The Hall–Kier alpha value is -2.15. The Morgan fingerprint density at radius 2 is 2.05 bits per heavy atom. The van der Waals surface area contributed by atoms with Crippen molar-refractivity contribution in [1.29, 1.82) is 0 Å². The molecule has 0 atom stereocenters. The van der Waals surface area contributed by atoms with Crippen LogP contribution >= 0.6 is 11.8 Å². The normalized spacial score (nSPS) is 11.9. The van der Waals surface area contributed by atoms with Gasteiger partial charge in [-0.15, -0.1) is 10.2 Å². The van der Waals surface area contributed by atoms with Gasteiger partial charge in [-0.25, -0.2) is 0 Å². The maximum absolute atomic E-state index is 4.75. The molecular formula is C15H16N6S. The second-order valence-corrected chi connectivity index (χ2v) is 6.32. The quantitative estimate of drug-likeness (QED) is 0.428. The van der Waals surface area contributed by atoms with Crippen LogP contribution in [0.15, 0.2) is 29.4 Å². The van der Waals surface area contributed by atoms with E-state index >= 15 is 0 Å². The summed E-state index contributed by atoms with van der Waals surface area (Å²) in [5, 5.41) is 15.1. The van der Waals surface area contributed by atoms with E-state index in [0.717, 1.165) is 39.4 Å². The first-order valence-electron chi connectivity index (χ1n) is 7.39. The topological polar surface area (TPSA) is 60.9 Å². The molecule has 0 N–H and O–H groups in total. The Labute approximate surface area is 131 Å². The summed E-state index contributed by atoms with van der Waals surface area (Å²) in [7, 11) is 2.00. The van der Waals surface area contributed by atoms with E-state index in [1.807, 2.05) is 19.2 Å². The molecule has 0 aliphatic carbocycles. The number of hydrogen-bond acceptors (Lipinski definition) is 5. The van der Waals surface area contributed by atoms with Gasteiger partial charge in [-0.2, -0.15) is 14.6 Å². The summed E-state index contributed by atoms with van der Waals surface area (Å²) in [5.74, 6) is 1.57. The molecule has 0 unspecified atom stereocenters. The molecule has 0 saturated heterocycles. The molecule has 0 bridgehead atoms. The molecule has 6 nitrogen and oxygen atoms in total. The van der Waals surface area contributed by atoms with Gasteiger partial charge in [-0.05, 0) is 12.5 Å². The third-order valence-corrected chi connectivity index (χ3v) is 4.79. The minimum atomic E-state index is 0.553. The van der Waals surface area contributed by atoms with Gasteiger partial charge >= 0.3 is 0 Å². The van der Waals surface area contributed by atoms with Crippen LogP contribution < -0.4 is 0 Å². The monoisotopic (exact) mass is 312 g/mol. The van der Waals surface area contributed by atoms with Crippen LogP contribution in [0.25, 0.3) is 27.8 Å². The van der Waals surface area contributed by atoms with Crippen LogP contribution in [-0.2, 0) is 7.05 Å². The van der Waals surface area contributed by atoms with Crippen molar-refractivity contribution in [3.8, 4) is 0 Å². The highest BCUT2D eigenvalue weighted by Crippen LogP contribution is 2.26. The molecule has 7 heteroatoms. The van der Waals surface area contributed by atoms with Crippen molar-refractivity contribution < 1.29 is 0 Å². The zero-order chi connectivity index (χ0) is 15.1. The van der Waals surface area contributed by atoms with Crippen LogP contribution in [-0.4, -0.2) is 35.1 Å². The molecular weight excluding hydrogens is 296 g/mol. The maximum Gasteiger partial charge on any atom is 0.274 e. The molecule has 0 saturated carbocycles. The smallest absolute Gasteiger partial charge is 0.274 e. The van der Waals surface area contributed by atoms with Gasteiger partial charge in [-0.3, -0.25) is 0 Å². The highest BCUT2D eigenvalue weighted by Gasteiger charge is 2.15. The SMILES string of the molecule is CCCCSc1nnc2nc3c(nn12)c1ccccc1n3C. The van der Waals surface area contributed by atoms with Crippen molar-refractivity contribution >= 4 is 39.6 Å². The number of aromatic nitrogens is 6. The Bertz CT molecular complexity index is 970. The molecule has 0 amide bonds. The van der Waals surface area contributed by atoms with Gasteiger partial charge in [0.15, 0.2) is 5.65 Å². The number of rotatable bonds is 4. The van der Waals surface area contributed by atoms with Gasteiger partial charge < -0.3 is 4.57 Å². The Kier molecular flexibility index (Phi) is 3.22. The van der Waals surface area contributed by atoms with E-state index < -0.39 is 0 Å². The number of hydrogen-bond donors (Lipinski definition) is 0. The van der Waals surface area contributed by atoms with Crippen LogP contribution in [0.1, 0.15) is 19.8 Å². The van der Waals surface area contributed by atoms with Gasteiger partial charge in [0.05, 0.1) is 5.52 Å². The first-order chi connectivity index (χ1) is 10.8. The highest BCUT2D eigenvalue weighted by atomic mass is 32.2. The molecule has 4 rings (SSSR count). The van der Waals surface area contributed by atoms with Crippen LogP contribution in [0, 0.1) is 0 Å². The number of aryl methyl sites for hydroxylation is 1. The summed E-state index contributed by atoms with van der Waals surface area (Å²) < 4.78 is 3.81. The third-order valence-electron chi connectivity index (χ3n) is 3.78. The maximum atomic E-state index is 4.75. The van der Waals surface area contributed by atoms with Gasteiger partial charge in [-0.1, -0.05) is 43.3 Å². The van der Waals surface area contributed by atoms with E-state index in [1.54, 1.807) is 16.3 Å². The third kappa shape index (κ3) is 1.96. The van der Waals surface area contributed by atoms with Crippen molar-refractivity contribution in [2.24, 2.45) is 7.05 Å².